The standard InChI is InChI=1S/C11H18N2S2/c1-8(2)10-9(7-14)15-11(12-10)13-5-3-4-6-13/h8,14H,3-7H2,1-2H3. The van der Waals surface area contributed by atoms with Gasteiger partial charge in [-0.1, -0.05) is 13.8 Å². The average Bonchev–Trinajstić information content (AvgIpc) is 2.86. The third-order valence-corrected chi connectivity index (χ3v) is 4.45. The molecule has 0 spiro atoms. The van der Waals surface area contributed by atoms with E-state index in [9.17, 15) is 0 Å². The highest BCUT2D eigenvalue weighted by Crippen LogP contribution is 2.33. The molecule has 1 aliphatic heterocycles. The first kappa shape index (κ1) is 11.3. The van der Waals surface area contributed by atoms with Crippen LogP contribution in [0.15, 0.2) is 0 Å². The van der Waals surface area contributed by atoms with Gasteiger partial charge in [-0.2, -0.15) is 12.6 Å². The lowest BCUT2D eigenvalue weighted by molar-refractivity contribution is 0.816. The number of nitrogens with zero attached hydrogens (tertiary/aromatic N) is 2. The lowest BCUT2D eigenvalue weighted by atomic mass is 10.1. The summed E-state index contributed by atoms with van der Waals surface area (Å²) in [6.45, 7) is 6.76. The van der Waals surface area contributed by atoms with Gasteiger partial charge in [0.2, 0.25) is 0 Å². The van der Waals surface area contributed by atoms with Crippen LogP contribution in [0.3, 0.4) is 0 Å². The van der Waals surface area contributed by atoms with Crippen molar-refractivity contribution >= 4 is 29.1 Å². The van der Waals surface area contributed by atoms with E-state index in [-0.39, 0.29) is 0 Å². The molecule has 0 amide bonds. The summed E-state index contributed by atoms with van der Waals surface area (Å²) in [4.78, 5) is 8.51. The van der Waals surface area contributed by atoms with Gasteiger partial charge in [0.25, 0.3) is 0 Å². The van der Waals surface area contributed by atoms with E-state index in [4.69, 9.17) is 4.98 Å². The molecule has 0 unspecified atom stereocenters. The summed E-state index contributed by atoms with van der Waals surface area (Å²) in [5.41, 5.74) is 1.25. The molecule has 2 rings (SSSR count). The largest absolute Gasteiger partial charge is 0.348 e. The van der Waals surface area contributed by atoms with Gasteiger partial charge < -0.3 is 4.90 Å². The van der Waals surface area contributed by atoms with Crippen LogP contribution < -0.4 is 4.90 Å². The second-order valence-corrected chi connectivity index (χ2v) is 5.69. The van der Waals surface area contributed by atoms with Crippen LogP contribution in [0.4, 0.5) is 5.13 Å². The van der Waals surface area contributed by atoms with Gasteiger partial charge in [0.1, 0.15) is 0 Å². The number of thiazole rings is 1. The Morgan fingerprint density at radius 1 is 1.40 bits per heavy atom. The summed E-state index contributed by atoms with van der Waals surface area (Å²) in [6.07, 6.45) is 2.62. The van der Waals surface area contributed by atoms with Crippen molar-refractivity contribution in [3.05, 3.63) is 10.6 Å². The Hall–Kier alpha value is -0.220. The van der Waals surface area contributed by atoms with Gasteiger partial charge in [-0.3, -0.25) is 0 Å². The molecule has 0 radical (unpaired) electrons. The fraction of sp³-hybridized carbons (Fsp3) is 0.727. The highest BCUT2D eigenvalue weighted by Gasteiger charge is 2.19. The van der Waals surface area contributed by atoms with Gasteiger partial charge in [0.05, 0.1) is 5.69 Å². The van der Waals surface area contributed by atoms with E-state index in [2.05, 4.69) is 31.4 Å². The Bertz CT molecular complexity index is 327. The fourth-order valence-corrected chi connectivity index (χ4v) is 3.44. The number of hydrogen-bond donors (Lipinski definition) is 1. The molecule has 1 aromatic heterocycles. The molecule has 0 bridgehead atoms. The molecule has 1 fully saturated rings. The van der Waals surface area contributed by atoms with Gasteiger partial charge in [0, 0.05) is 23.7 Å². The molecular formula is C11H18N2S2. The normalized spacial score (nSPS) is 16.7. The first-order chi connectivity index (χ1) is 7.22. The molecule has 4 heteroatoms. The Balaban J connectivity index is 2.25. The predicted octanol–water partition coefficient (Wildman–Crippen LogP) is 3.30. The molecule has 2 nitrogen and oxygen atoms in total. The van der Waals surface area contributed by atoms with E-state index in [0.29, 0.717) is 5.92 Å². The maximum absolute atomic E-state index is 4.76. The minimum absolute atomic E-state index is 0.514. The van der Waals surface area contributed by atoms with Crippen molar-refractivity contribution in [1.82, 2.24) is 4.98 Å². The van der Waals surface area contributed by atoms with Crippen LogP contribution in [0.25, 0.3) is 0 Å². The van der Waals surface area contributed by atoms with Crippen LogP contribution in [0, 0.1) is 0 Å². The van der Waals surface area contributed by atoms with Gasteiger partial charge in [0.15, 0.2) is 5.13 Å². The van der Waals surface area contributed by atoms with Crippen LogP contribution in [0.5, 0.6) is 0 Å². The maximum Gasteiger partial charge on any atom is 0.185 e. The Kier molecular flexibility index (Phi) is 3.57. The second kappa shape index (κ2) is 4.74. The highest BCUT2D eigenvalue weighted by molar-refractivity contribution is 7.79. The van der Waals surface area contributed by atoms with Gasteiger partial charge in [-0.25, -0.2) is 4.98 Å². The Morgan fingerprint density at radius 3 is 2.53 bits per heavy atom. The molecule has 0 saturated carbocycles. The minimum atomic E-state index is 0.514. The topological polar surface area (TPSA) is 16.1 Å². The number of anilines is 1. The number of hydrogen-bond acceptors (Lipinski definition) is 4. The molecule has 1 aliphatic rings. The maximum atomic E-state index is 4.76. The van der Waals surface area contributed by atoms with Crippen molar-refractivity contribution < 1.29 is 0 Å². The zero-order valence-corrected chi connectivity index (χ0v) is 11.1. The van der Waals surface area contributed by atoms with E-state index < -0.39 is 0 Å². The number of aromatic nitrogens is 1. The zero-order valence-electron chi connectivity index (χ0n) is 9.36. The predicted molar refractivity (Wildman–Crippen MR) is 70.3 cm³/mol. The van der Waals surface area contributed by atoms with E-state index in [0.717, 1.165) is 5.75 Å². The monoisotopic (exact) mass is 242 g/mol. The summed E-state index contributed by atoms with van der Waals surface area (Å²) in [5.74, 6) is 1.33. The Labute approximate surface area is 101 Å². The summed E-state index contributed by atoms with van der Waals surface area (Å²) in [5, 5.41) is 1.21. The molecule has 2 heterocycles. The second-order valence-electron chi connectivity index (χ2n) is 4.31. The summed E-state index contributed by atoms with van der Waals surface area (Å²) in [7, 11) is 0. The van der Waals surface area contributed by atoms with Crippen LogP contribution in [0.2, 0.25) is 0 Å². The minimum Gasteiger partial charge on any atom is -0.348 e. The van der Waals surface area contributed by atoms with Crippen LogP contribution >= 0.6 is 24.0 Å². The quantitative estimate of drug-likeness (QED) is 0.819. The molecule has 0 aromatic carbocycles. The first-order valence-corrected chi connectivity index (χ1v) is 7.02. The lowest BCUT2D eigenvalue weighted by Gasteiger charge is -2.12. The highest BCUT2D eigenvalue weighted by atomic mass is 32.1. The van der Waals surface area contributed by atoms with Gasteiger partial charge in [-0.05, 0) is 18.8 Å². The molecule has 0 aliphatic carbocycles. The summed E-state index contributed by atoms with van der Waals surface area (Å²) < 4.78 is 0. The molecule has 1 aromatic rings. The molecule has 0 atom stereocenters. The molecular weight excluding hydrogens is 224 g/mol. The van der Waals surface area contributed by atoms with Crippen LogP contribution in [0.1, 0.15) is 43.2 Å². The molecule has 84 valence electrons. The molecule has 0 N–H and O–H groups in total. The van der Waals surface area contributed by atoms with Crippen molar-refractivity contribution in [3.63, 3.8) is 0 Å². The molecule has 15 heavy (non-hydrogen) atoms. The number of thiol groups is 1. The third kappa shape index (κ3) is 2.31. The van der Waals surface area contributed by atoms with Gasteiger partial charge in [-0.15, -0.1) is 11.3 Å². The zero-order chi connectivity index (χ0) is 10.8. The van der Waals surface area contributed by atoms with Crippen LogP contribution in [-0.4, -0.2) is 18.1 Å². The van der Waals surface area contributed by atoms with E-state index >= 15 is 0 Å². The van der Waals surface area contributed by atoms with Gasteiger partial charge >= 0.3 is 0 Å². The fourth-order valence-electron chi connectivity index (χ4n) is 1.96. The van der Waals surface area contributed by atoms with Crippen molar-refractivity contribution in [1.29, 1.82) is 0 Å². The average molecular weight is 242 g/mol. The van der Waals surface area contributed by atoms with Crippen LogP contribution in [-0.2, 0) is 5.75 Å². The number of rotatable bonds is 3. The summed E-state index contributed by atoms with van der Waals surface area (Å²) in [6, 6.07) is 0. The Morgan fingerprint density at radius 2 is 2.07 bits per heavy atom. The van der Waals surface area contributed by atoms with Crippen molar-refractivity contribution in [3.8, 4) is 0 Å². The smallest absolute Gasteiger partial charge is 0.185 e. The van der Waals surface area contributed by atoms with E-state index in [1.54, 1.807) is 0 Å². The lowest BCUT2D eigenvalue weighted by Crippen LogP contribution is -2.17. The van der Waals surface area contributed by atoms with Crippen molar-refractivity contribution in [2.75, 3.05) is 18.0 Å². The summed E-state index contributed by atoms with van der Waals surface area (Å²) >= 11 is 6.21. The third-order valence-electron chi connectivity index (χ3n) is 2.78. The van der Waals surface area contributed by atoms with Crippen molar-refractivity contribution in [2.24, 2.45) is 0 Å². The van der Waals surface area contributed by atoms with E-state index in [1.807, 2.05) is 11.3 Å². The molecule has 1 saturated heterocycles. The van der Waals surface area contributed by atoms with E-state index in [1.165, 1.54) is 41.6 Å². The first-order valence-electron chi connectivity index (χ1n) is 5.57. The van der Waals surface area contributed by atoms with Crippen molar-refractivity contribution in [2.45, 2.75) is 38.4 Å². The SMILES string of the molecule is CC(C)c1nc(N2CCCC2)sc1CS.